The molecule has 0 radical (unpaired) electrons. The molecular formula is C22H19F3N2O3. The molecule has 1 aromatic heterocycles. The lowest BCUT2D eigenvalue weighted by atomic mass is 10.1. The lowest BCUT2D eigenvalue weighted by molar-refractivity contribution is -0.137. The van der Waals surface area contributed by atoms with Gasteiger partial charge < -0.3 is 14.8 Å². The van der Waals surface area contributed by atoms with Crippen LogP contribution in [0.5, 0.6) is 5.75 Å². The molecule has 0 aliphatic heterocycles. The van der Waals surface area contributed by atoms with Gasteiger partial charge in [0.25, 0.3) is 0 Å². The lowest BCUT2D eigenvalue weighted by Gasteiger charge is -2.14. The second-order valence-corrected chi connectivity index (χ2v) is 6.29. The Kier molecular flexibility index (Phi) is 6.68. The number of alkyl halides is 3. The molecule has 0 fully saturated rings. The minimum absolute atomic E-state index is 0.0772. The van der Waals surface area contributed by atoms with Crippen LogP contribution < -0.4 is 10.1 Å². The van der Waals surface area contributed by atoms with Crippen LogP contribution in [-0.4, -0.2) is 31.2 Å². The molecule has 3 aromatic rings. The van der Waals surface area contributed by atoms with Crippen molar-refractivity contribution in [2.45, 2.75) is 6.18 Å². The predicted octanol–water partition coefficient (Wildman–Crippen LogP) is 4.93. The fourth-order valence-electron chi connectivity index (χ4n) is 2.77. The Labute approximate surface area is 171 Å². The summed E-state index contributed by atoms with van der Waals surface area (Å²) in [5.74, 6) is -0.479. The average Bonchev–Trinajstić information content (AvgIpc) is 2.72. The van der Waals surface area contributed by atoms with Crippen LogP contribution in [0, 0.1) is 0 Å². The Bertz CT molecular complexity index is 1060. The maximum Gasteiger partial charge on any atom is 0.416 e. The Morgan fingerprint density at radius 2 is 1.93 bits per heavy atom. The number of carbonyl (C=O) groups excluding carboxylic acids is 1. The van der Waals surface area contributed by atoms with Crippen LogP contribution in [0.2, 0.25) is 0 Å². The van der Waals surface area contributed by atoms with Gasteiger partial charge in [0.05, 0.1) is 23.4 Å². The first-order chi connectivity index (χ1) is 14.4. The molecule has 8 heteroatoms. The molecule has 2 aromatic carbocycles. The molecule has 156 valence electrons. The fraction of sp³-hybridized carbons (Fsp3) is 0.182. The van der Waals surface area contributed by atoms with Crippen molar-refractivity contribution in [2.24, 2.45) is 0 Å². The minimum atomic E-state index is -4.55. The number of para-hydroxylation sites is 1. The van der Waals surface area contributed by atoms with Crippen molar-refractivity contribution in [3.63, 3.8) is 0 Å². The molecule has 30 heavy (non-hydrogen) atoms. The molecule has 1 heterocycles. The van der Waals surface area contributed by atoms with Gasteiger partial charge in [-0.1, -0.05) is 24.3 Å². The number of rotatable bonds is 7. The van der Waals surface area contributed by atoms with Crippen LogP contribution in [0.1, 0.15) is 11.1 Å². The summed E-state index contributed by atoms with van der Waals surface area (Å²) in [6.07, 6.45) is -0.104. The molecule has 0 atom stereocenters. The Morgan fingerprint density at radius 3 is 2.70 bits per heavy atom. The molecule has 0 saturated carbocycles. The lowest BCUT2D eigenvalue weighted by Crippen LogP contribution is -2.13. The SMILES string of the molecule is COCCOc1ccc(C(F)(F)F)cc1NC(=O)/C=C/c1cccc2cccnc12. The Morgan fingerprint density at radius 1 is 1.13 bits per heavy atom. The molecule has 1 N–H and O–H groups in total. The van der Waals surface area contributed by atoms with Crippen molar-refractivity contribution in [2.75, 3.05) is 25.6 Å². The highest BCUT2D eigenvalue weighted by atomic mass is 19.4. The fourth-order valence-corrected chi connectivity index (χ4v) is 2.77. The highest BCUT2D eigenvalue weighted by Crippen LogP contribution is 2.35. The van der Waals surface area contributed by atoms with E-state index in [1.54, 1.807) is 24.4 Å². The number of hydrogen-bond donors (Lipinski definition) is 1. The van der Waals surface area contributed by atoms with Crippen molar-refractivity contribution in [1.29, 1.82) is 0 Å². The summed E-state index contributed by atoms with van der Waals surface area (Å²) in [7, 11) is 1.48. The third-order valence-electron chi connectivity index (χ3n) is 4.19. The number of nitrogens with zero attached hydrogens (tertiary/aromatic N) is 1. The zero-order valence-corrected chi connectivity index (χ0v) is 16.1. The summed E-state index contributed by atoms with van der Waals surface area (Å²) in [6.45, 7) is 0.380. The van der Waals surface area contributed by atoms with E-state index >= 15 is 0 Å². The van der Waals surface area contributed by atoms with E-state index < -0.39 is 17.6 Å². The number of carbonyl (C=O) groups is 1. The summed E-state index contributed by atoms with van der Waals surface area (Å²) in [6, 6.07) is 12.1. The third kappa shape index (κ3) is 5.36. The van der Waals surface area contributed by atoms with Gasteiger partial charge in [-0.3, -0.25) is 9.78 Å². The molecule has 1 amide bonds. The van der Waals surface area contributed by atoms with E-state index in [9.17, 15) is 18.0 Å². The van der Waals surface area contributed by atoms with E-state index in [1.807, 2.05) is 18.2 Å². The van der Waals surface area contributed by atoms with Gasteiger partial charge in [0.1, 0.15) is 12.4 Å². The summed E-state index contributed by atoms with van der Waals surface area (Å²) in [4.78, 5) is 16.7. The van der Waals surface area contributed by atoms with Crippen LogP contribution in [0.4, 0.5) is 18.9 Å². The summed E-state index contributed by atoms with van der Waals surface area (Å²) >= 11 is 0. The molecule has 3 rings (SSSR count). The third-order valence-corrected chi connectivity index (χ3v) is 4.19. The number of hydrogen-bond acceptors (Lipinski definition) is 4. The smallest absolute Gasteiger partial charge is 0.416 e. The van der Waals surface area contributed by atoms with Crippen molar-refractivity contribution in [1.82, 2.24) is 4.98 Å². The van der Waals surface area contributed by atoms with Gasteiger partial charge in [0.2, 0.25) is 5.91 Å². The first-order valence-corrected chi connectivity index (χ1v) is 9.04. The topological polar surface area (TPSA) is 60.5 Å². The zero-order valence-electron chi connectivity index (χ0n) is 16.1. The highest BCUT2D eigenvalue weighted by Gasteiger charge is 2.31. The monoisotopic (exact) mass is 416 g/mol. The quantitative estimate of drug-likeness (QED) is 0.438. The first kappa shape index (κ1) is 21.3. The maximum atomic E-state index is 13.1. The van der Waals surface area contributed by atoms with E-state index in [0.29, 0.717) is 11.1 Å². The van der Waals surface area contributed by atoms with E-state index in [2.05, 4.69) is 10.3 Å². The molecule has 5 nitrogen and oxygen atoms in total. The van der Waals surface area contributed by atoms with Gasteiger partial charge >= 0.3 is 6.18 Å². The number of fused-ring (bicyclic) bond motifs is 1. The molecule has 0 aliphatic rings. The molecule has 0 spiro atoms. The number of pyridine rings is 1. The maximum absolute atomic E-state index is 13.1. The number of methoxy groups -OCH3 is 1. The van der Waals surface area contributed by atoms with Crippen molar-refractivity contribution < 1.29 is 27.4 Å². The van der Waals surface area contributed by atoms with Gasteiger partial charge in [-0.25, -0.2) is 0 Å². The number of aromatic nitrogens is 1. The van der Waals surface area contributed by atoms with E-state index in [4.69, 9.17) is 9.47 Å². The summed E-state index contributed by atoms with van der Waals surface area (Å²) < 4.78 is 49.5. The number of benzene rings is 2. The van der Waals surface area contributed by atoms with Gasteiger partial charge in [0.15, 0.2) is 0 Å². The summed E-state index contributed by atoms with van der Waals surface area (Å²) in [5, 5.41) is 3.37. The van der Waals surface area contributed by atoms with Gasteiger partial charge in [-0.15, -0.1) is 0 Å². The number of anilines is 1. The van der Waals surface area contributed by atoms with Gasteiger partial charge in [-0.2, -0.15) is 13.2 Å². The van der Waals surface area contributed by atoms with E-state index in [0.717, 1.165) is 17.5 Å². The zero-order chi connectivity index (χ0) is 21.6. The molecule has 0 saturated heterocycles. The minimum Gasteiger partial charge on any atom is -0.489 e. The largest absolute Gasteiger partial charge is 0.489 e. The molecular weight excluding hydrogens is 397 g/mol. The second kappa shape index (κ2) is 9.41. The number of amides is 1. The Balaban J connectivity index is 1.82. The van der Waals surface area contributed by atoms with Crippen LogP contribution in [0.15, 0.2) is 60.8 Å². The molecule has 0 bridgehead atoms. The van der Waals surface area contributed by atoms with Crippen molar-refractivity contribution >= 4 is 28.6 Å². The first-order valence-electron chi connectivity index (χ1n) is 9.04. The molecule has 0 aliphatic carbocycles. The van der Waals surface area contributed by atoms with Crippen molar-refractivity contribution in [3.05, 3.63) is 71.9 Å². The average molecular weight is 416 g/mol. The standard InChI is InChI=1S/C22H19F3N2O3/c1-29-12-13-30-19-9-8-17(22(23,24)25)14-18(19)27-20(28)10-7-16-5-2-4-15-6-3-11-26-21(15)16/h2-11,14H,12-13H2,1H3,(H,27,28)/b10-7+. The Hall–Kier alpha value is -3.39. The van der Waals surface area contributed by atoms with Gasteiger partial charge in [0, 0.05) is 30.3 Å². The highest BCUT2D eigenvalue weighted by molar-refractivity contribution is 6.04. The van der Waals surface area contributed by atoms with Crippen molar-refractivity contribution in [3.8, 4) is 5.75 Å². The summed E-state index contributed by atoms with van der Waals surface area (Å²) in [5.41, 5.74) is 0.460. The molecule has 0 unspecified atom stereocenters. The normalized spacial score (nSPS) is 11.7. The number of ether oxygens (including phenoxy) is 2. The second-order valence-electron chi connectivity index (χ2n) is 6.29. The van der Waals surface area contributed by atoms with Crippen LogP contribution in [0.25, 0.3) is 17.0 Å². The number of nitrogens with one attached hydrogen (secondary N) is 1. The van der Waals surface area contributed by atoms with Gasteiger partial charge in [-0.05, 0) is 30.3 Å². The van der Waals surface area contributed by atoms with Crippen LogP contribution in [0.3, 0.4) is 0 Å². The predicted molar refractivity (Wildman–Crippen MR) is 108 cm³/mol. The van der Waals surface area contributed by atoms with E-state index in [1.165, 1.54) is 19.3 Å². The van der Waals surface area contributed by atoms with E-state index in [-0.39, 0.29) is 24.7 Å². The van der Waals surface area contributed by atoms with Crippen LogP contribution in [-0.2, 0) is 15.7 Å². The van der Waals surface area contributed by atoms with Crippen LogP contribution >= 0.6 is 0 Å². The number of halogens is 3.